The lowest BCUT2D eigenvalue weighted by Crippen LogP contribution is -2.73. The maximum absolute atomic E-state index is 13.9. The molecule has 218 valence electrons. The largest absolute Gasteiger partial charge is 0.508 e. The van der Waals surface area contributed by atoms with Gasteiger partial charge >= 0.3 is 5.97 Å². The topological polar surface area (TPSA) is 116 Å². The SMILES string of the molecule is CCOC(=O)C(C)NC(=O)C1C(N(c2cccc(O)c2)S(C)(=O)=O)CN1C(c1ccc(Cl)cc1)c1ccc(Cl)cc1. The van der Waals surface area contributed by atoms with Crippen molar-refractivity contribution < 1.29 is 27.9 Å². The molecule has 0 spiro atoms. The summed E-state index contributed by atoms with van der Waals surface area (Å²) in [6.07, 6.45) is 1.05. The van der Waals surface area contributed by atoms with Crippen molar-refractivity contribution in [3.05, 3.63) is 94.0 Å². The third-order valence-electron chi connectivity index (χ3n) is 6.83. The van der Waals surface area contributed by atoms with Crippen molar-refractivity contribution in [2.45, 2.75) is 38.0 Å². The number of hydrogen-bond acceptors (Lipinski definition) is 7. The van der Waals surface area contributed by atoms with Crippen LogP contribution in [0.5, 0.6) is 5.75 Å². The van der Waals surface area contributed by atoms with Crippen LogP contribution in [0.1, 0.15) is 31.0 Å². The molecule has 1 fully saturated rings. The van der Waals surface area contributed by atoms with Crippen molar-refractivity contribution in [1.29, 1.82) is 0 Å². The highest BCUT2D eigenvalue weighted by atomic mass is 35.5. The quantitative estimate of drug-likeness (QED) is 0.324. The molecule has 3 aromatic carbocycles. The Bertz CT molecular complexity index is 1460. The molecule has 9 nitrogen and oxygen atoms in total. The minimum Gasteiger partial charge on any atom is -0.508 e. The Kier molecular flexibility index (Phi) is 9.48. The van der Waals surface area contributed by atoms with Gasteiger partial charge in [0.2, 0.25) is 15.9 Å². The average molecular weight is 621 g/mol. The lowest BCUT2D eigenvalue weighted by Gasteiger charge is -2.54. The van der Waals surface area contributed by atoms with E-state index in [2.05, 4.69) is 5.32 Å². The molecule has 3 unspecified atom stereocenters. The van der Waals surface area contributed by atoms with Crippen molar-refractivity contribution in [2.75, 3.05) is 23.7 Å². The maximum Gasteiger partial charge on any atom is 0.328 e. The van der Waals surface area contributed by atoms with Gasteiger partial charge in [0, 0.05) is 22.7 Å². The van der Waals surface area contributed by atoms with Gasteiger partial charge in [0.05, 0.1) is 30.6 Å². The molecule has 4 rings (SSSR count). The molecule has 1 saturated heterocycles. The second kappa shape index (κ2) is 12.7. The Morgan fingerprint density at radius 3 is 2.10 bits per heavy atom. The van der Waals surface area contributed by atoms with E-state index in [0.29, 0.717) is 10.0 Å². The van der Waals surface area contributed by atoms with Gasteiger partial charge in [-0.05, 0) is 61.4 Å². The zero-order valence-electron chi connectivity index (χ0n) is 22.7. The van der Waals surface area contributed by atoms with Crippen LogP contribution in [0.2, 0.25) is 10.0 Å². The Morgan fingerprint density at radius 2 is 1.61 bits per heavy atom. The smallest absolute Gasteiger partial charge is 0.328 e. The molecule has 0 bridgehead atoms. The number of nitrogens with zero attached hydrogens (tertiary/aromatic N) is 2. The van der Waals surface area contributed by atoms with E-state index in [1.807, 2.05) is 29.2 Å². The van der Waals surface area contributed by atoms with Gasteiger partial charge < -0.3 is 15.2 Å². The molecule has 3 aromatic rings. The fraction of sp³-hybridized carbons (Fsp3) is 0.310. The van der Waals surface area contributed by atoms with Crippen molar-refractivity contribution in [3.8, 4) is 5.75 Å². The van der Waals surface area contributed by atoms with Crippen LogP contribution in [0.4, 0.5) is 5.69 Å². The summed E-state index contributed by atoms with van der Waals surface area (Å²) in [5.41, 5.74) is 1.84. The number of anilines is 1. The highest BCUT2D eigenvalue weighted by Gasteiger charge is 2.53. The van der Waals surface area contributed by atoms with Crippen molar-refractivity contribution in [3.63, 3.8) is 0 Å². The van der Waals surface area contributed by atoms with E-state index >= 15 is 0 Å². The zero-order valence-corrected chi connectivity index (χ0v) is 25.0. The summed E-state index contributed by atoms with van der Waals surface area (Å²) in [6, 6.07) is 16.8. The lowest BCUT2D eigenvalue weighted by atomic mass is 9.86. The standard InChI is InChI=1S/C29H31Cl2N3O6S/c1-4-40-29(37)18(2)32-28(36)27-25(34(41(3,38)39)23-6-5-7-24(35)16-23)17-33(27)26(19-8-12-21(30)13-9-19)20-10-14-22(31)15-11-20/h5-16,18,25-27,35H,4,17H2,1-3H3,(H,32,36). The molecule has 12 heteroatoms. The maximum atomic E-state index is 13.9. The van der Waals surface area contributed by atoms with Crippen molar-refractivity contribution >= 4 is 50.8 Å². The van der Waals surface area contributed by atoms with Crippen LogP contribution in [0.3, 0.4) is 0 Å². The molecule has 0 aromatic heterocycles. The summed E-state index contributed by atoms with van der Waals surface area (Å²) in [5, 5.41) is 13.9. The van der Waals surface area contributed by atoms with E-state index < -0.39 is 46.1 Å². The van der Waals surface area contributed by atoms with Gasteiger partial charge in [0.25, 0.3) is 0 Å². The number of aromatic hydroxyl groups is 1. The summed E-state index contributed by atoms with van der Waals surface area (Å²) >= 11 is 12.3. The monoisotopic (exact) mass is 619 g/mol. The molecule has 0 radical (unpaired) electrons. The highest BCUT2D eigenvalue weighted by molar-refractivity contribution is 7.92. The molecular weight excluding hydrogens is 589 g/mol. The fourth-order valence-corrected chi connectivity index (χ4v) is 6.48. The fourth-order valence-electron chi connectivity index (χ4n) is 5.06. The predicted octanol–water partition coefficient (Wildman–Crippen LogP) is 4.38. The average Bonchev–Trinajstić information content (AvgIpc) is 2.89. The van der Waals surface area contributed by atoms with Gasteiger partial charge in [-0.1, -0.05) is 53.5 Å². The van der Waals surface area contributed by atoms with E-state index in [4.69, 9.17) is 27.9 Å². The van der Waals surface area contributed by atoms with E-state index in [1.165, 1.54) is 25.1 Å². The molecule has 1 aliphatic rings. The zero-order chi connectivity index (χ0) is 29.9. The summed E-state index contributed by atoms with van der Waals surface area (Å²) in [5.74, 6) is -1.28. The predicted molar refractivity (Wildman–Crippen MR) is 159 cm³/mol. The minimum atomic E-state index is -3.92. The third kappa shape index (κ3) is 6.95. The Hall–Kier alpha value is -3.31. The summed E-state index contributed by atoms with van der Waals surface area (Å²) in [6.45, 7) is 3.47. The summed E-state index contributed by atoms with van der Waals surface area (Å²) < 4.78 is 32.5. The van der Waals surface area contributed by atoms with Crippen LogP contribution in [-0.4, -0.2) is 67.8 Å². The molecule has 1 heterocycles. The van der Waals surface area contributed by atoms with Gasteiger partial charge in [-0.2, -0.15) is 0 Å². The van der Waals surface area contributed by atoms with Crippen LogP contribution in [-0.2, 0) is 24.3 Å². The van der Waals surface area contributed by atoms with Gasteiger partial charge in [-0.15, -0.1) is 0 Å². The lowest BCUT2D eigenvalue weighted by molar-refractivity contribution is -0.148. The highest BCUT2D eigenvalue weighted by Crippen LogP contribution is 2.41. The molecule has 0 aliphatic carbocycles. The van der Waals surface area contributed by atoms with Crippen molar-refractivity contribution in [2.24, 2.45) is 0 Å². The van der Waals surface area contributed by atoms with Crippen LogP contribution in [0.25, 0.3) is 0 Å². The molecule has 2 N–H and O–H groups in total. The van der Waals surface area contributed by atoms with Gasteiger partial charge in [-0.3, -0.25) is 14.0 Å². The van der Waals surface area contributed by atoms with Crippen LogP contribution >= 0.6 is 23.2 Å². The summed E-state index contributed by atoms with van der Waals surface area (Å²) in [7, 11) is -3.92. The van der Waals surface area contributed by atoms with Gasteiger partial charge in [0.1, 0.15) is 17.8 Å². The number of amides is 1. The number of sulfonamides is 1. The first-order chi connectivity index (χ1) is 19.4. The van der Waals surface area contributed by atoms with Crippen molar-refractivity contribution in [1.82, 2.24) is 10.2 Å². The Labute approximate surface area is 249 Å². The molecule has 0 saturated carbocycles. The molecule has 41 heavy (non-hydrogen) atoms. The van der Waals surface area contributed by atoms with Gasteiger partial charge in [0.15, 0.2) is 0 Å². The first-order valence-electron chi connectivity index (χ1n) is 12.9. The number of nitrogens with one attached hydrogen (secondary N) is 1. The number of phenols is 1. The number of phenolic OH excluding ortho intramolecular Hbond substituents is 1. The first-order valence-corrected chi connectivity index (χ1v) is 15.5. The molecule has 3 atom stereocenters. The van der Waals surface area contributed by atoms with E-state index in [0.717, 1.165) is 21.7 Å². The normalized spacial score (nSPS) is 17.9. The number of ether oxygens (including phenoxy) is 1. The van der Waals surface area contributed by atoms with Crippen LogP contribution < -0.4 is 9.62 Å². The molecule has 1 amide bonds. The third-order valence-corrected chi connectivity index (χ3v) is 8.53. The van der Waals surface area contributed by atoms with E-state index in [-0.39, 0.29) is 24.6 Å². The number of carbonyl (C=O) groups excluding carboxylic acids is 2. The number of carbonyl (C=O) groups is 2. The van der Waals surface area contributed by atoms with E-state index in [1.54, 1.807) is 37.3 Å². The Balaban J connectivity index is 1.81. The number of esters is 1. The number of rotatable bonds is 10. The van der Waals surface area contributed by atoms with Crippen LogP contribution in [0, 0.1) is 0 Å². The van der Waals surface area contributed by atoms with E-state index in [9.17, 15) is 23.1 Å². The van der Waals surface area contributed by atoms with Gasteiger partial charge in [-0.25, -0.2) is 13.2 Å². The Morgan fingerprint density at radius 1 is 1.05 bits per heavy atom. The first kappa shape index (κ1) is 30.6. The second-order valence-corrected chi connectivity index (χ2v) is 12.5. The molecule has 1 aliphatic heterocycles. The number of halogens is 2. The summed E-state index contributed by atoms with van der Waals surface area (Å²) in [4.78, 5) is 28.1. The number of hydrogen-bond donors (Lipinski definition) is 2. The van der Waals surface area contributed by atoms with Crippen LogP contribution in [0.15, 0.2) is 72.8 Å². The minimum absolute atomic E-state index is 0.121. The molecular formula is C29H31Cl2N3O6S. The number of benzene rings is 3. The second-order valence-electron chi connectivity index (χ2n) is 9.78. The number of likely N-dealkylation sites (tertiary alicyclic amines) is 1.